The molecule has 1 saturated carbocycles. The summed E-state index contributed by atoms with van der Waals surface area (Å²) in [5, 5.41) is 6.01. The number of nitrogens with zero attached hydrogens (tertiary/aromatic N) is 1. The van der Waals surface area contributed by atoms with Gasteiger partial charge in [-0.2, -0.15) is 0 Å². The van der Waals surface area contributed by atoms with Crippen molar-refractivity contribution in [3.05, 3.63) is 58.4 Å². The molecule has 2 aromatic rings. The number of anilines is 1. The number of carbonyl (C=O) groups excluding carboxylic acids is 2. The van der Waals surface area contributed by atoms with Gasteiger partial charge in [0.25, 0.3) is 11.8 Å². The van der Waals surface area contributed by atoms with Crippen molar-refractivity contribution in [2.45, 2.75) is 19.8 Å². The Morgan fingerprint density at radius 2 is 2.04 bits per heavy atom. The van der Waals surface area contributed by atoms with Crippen molar-refractivity contribution in [3.63, 3.8) is 0 Å². The zero-order valence-electron chi connectivity index (χ0n) is 13.3. The van der Waals surface area contributed by atoms with E-state index in [0.29, 0.717) is 29.3 Å². The van der Waals surface area contributed by atoms with Crippen LogP contribution in [-0.2, 0) is 0 Å². The zero-order valence-corrected chi connectivity index (χ0v) is 14.1. The lowest BCUT2D eigenvalue weighted by Gasteiger charge is -2.11. The molecule has 5 nitrogen and oxygen atoms in total. The molecule has 1 aliphatic carbocycles. The molecule has 1 aromatic heterocycles. The Balaban J connectivity index is 1.74. The molecule has 0 aliphatic heterocycles. The number of aromatic nitrogens is 1. The van der Waals surface area contributed by atoms with Crippen molar-refractivity contribution in [2.24, 2.45) is 5.92 Å². The Bertz CT molecular complexity index is 788. The molecule has 0 unspecified atom stereocenters. The van der Waals surface area contributed by atoms with Gasteiger partial charge in [0.2, 0.25) is 0 Å². The highest BCUT2D eigenvalue weighted by Gasteiger charge is 2.22. The predicted molar refractivity (Wildman–Crippen MR) is 93.4 cm³/mol. The maximum atomic E-state index is 12.4. The molecule has 1 aromatic carbocycles. The van der Waals surface area contributed by atoms with E-state index in [1.165, 1.54) is 25.2 Å². The lowest BCUT2D eigenvalue weighted by Crippen LogP contribution is -2.25. The highest BCUT2D eigenvalue weighted by atomic mass is 35.5. The minimum absolute atomic E-state index is 0.126. The number of hydrogen-bond acceptors (Lipinski definition) is 3. The molecule has 0 radical (unpaired) electrons. The van der Waals surface area contributed by atoms with Gasteiger partial charge in [0.15, 0.2) is 0 Å². The fraction of sp³-hybridized carbons (Fsp3) is 0.278. The molecule has 2 N–H and O–H groups in total. The third-order valence-electron chi connectivity index (χ3n) is 4.01. The first-order valence-corrected chi connectivity index (χ1v) is 8.22. The summed E-state index contributed by atoms with van der Waals surface area (Å²) in [6.07, 6.45) is 5.30. The lowest BCUT2D eigenvalue weighted by molar-refractivity contribution is 0.0950. The van der Waals surface area contributed by atoms with Crippen LogP contribution < -0.4 is 10.6 Å². The third-order valence-corrected chi connectivity index (χ3v) is 4.31. The number of hydrogen-bond donors (Lipinski definition) is 2. The van der Waals surface area contributed by atoms with Crippen molar-refractivity contribution in [1.29, 1.82) is 0 Å². The van der Waals surface area contributed by atoms with E-state index in [9.17, 15) is 9.59 Å². The van der Waals surface area contributed by atoms with Crippen molar-refractivity contribution in [1.82, 2.24) is 10.3 Å². The number of benzene rings is 1. The average Bonchev–Trinajstić information content (AvgIpc) is 3.39. The normalized spacial score (nSPS) is 13.4. The van der Waals surface area contributed by atoms with Gasteiger partial charge in [0, 0.05) is 30.2 Å². The fourth-order valence-electron chi connectivity index (χ4n) is 2.31. The molecule has 1 aliphatic rings. The lowest BCUT2D eigenvalue weighted by atomic mass is 10.1. The fourth-order valence-corrected chi connectivity index (χ4v) is 2.51. The molecule has 24 heavy (non-hydrogen) atoms. The van der Waals surface area contributed by atoms with Gasteiger partial charge in [-0.1, -0.05) is 17.7 Å². The van der Waals surface area contributed by atoms with Gasteiger partial charge >= 0.3 is 0 Å². The van der Waals surface area contributed by atoms with Gasteiger partial charge in [0.05, 0.1) is 10.6 Å². The van der Waals surface area contributed by atoms with Crippen molar-refractivity contribution in [2.75, 3.05) is 11.9 Å². The van der Waals surface area contributed by atoms with Gasteiger partial charge < -0.3 is 10.6 Å². The van der Waals surface area contributed by atoms with Crippen LogP contribution in [0.1, 0.15) is 39.1 Å². The van der Waals surface area contributed by atoms with Crippen LogP contribution >= 0.6 is 11.6 Å². The van der Waals surface area contributed by atoms with E-state index in [1.807, 2.05) is 13.0 Å². The molecular weight excluding hydrogens is 326 g/mol. The number of aryl methyl sites for hydroxylation is 1. The number of amides is 2. The minimum atomic E-state index is -0.332. The summed E-state index contributed by atoms with van der Waals surface area (Å²) in [5.41, 5.74) is 2.33. The van der Waals surface area contributed by atoms with Gasteiger partial charge in [-0.25, -0.2) is 0 Å². The summed E-state index contributed by atoms with van der Waals surface area (Å²) in [6.45, 7) is 2.58. The Labute approximate surface area is 145 Å². The van der Waals surface area contributed by atoms with Crippen molar-refractivity contribution < 1.29 is 9.59 Å². The second kappa shape index (κ2) is 7.01. The molecule has 2 amide bonds. The van der Waals surface area contributed by atoms with Gasteiger partial charge in [0.1, 0.15) is 0 Å². The summed E-state index contributed by atoms with van der Waals surface area (Å²) >= 11 is 6.00. The number of rotatable bonds is 5. The second-order valence-corrected chi connectivity index (χ2v) is 6.40. The highest BCUT2D eigenvalue weighted by molar-refractivity contribution is 6.34. The second-order valence-electron chi connectivity index (χ2n) is 5.99. The standard InChI is InChI=1S/C18H18ClN3O2/c1-11-2-5-13(17(23)21-9-12-3-4-12)8-16(11)22-18(24)14-6-7-20-10-15(14)19/h2,5-8,10,12H,3-4,9H2,1H3,(H,21,23)(H,22,24). The maximum Gasteiger partial charge on any atom is 0.257 e. The third kappa shape index (κ3) is 3.92. The molecule has 0 bridgehead atoms. The van der Waals surface area contributed by atoms with Crippen molar-refractivity contribution in [3.8, 4) is 0 Å². The van der Waals surface area contributed by atoms with Crippen LogP contribution in [0.3, 0.4) is 0 Å². The molecule has 0 spiro atoms. The number of nitrogens with one attached hydrogen (secondary N) is 2. The monoisotopic (exact) mass is 343 g/mol. The number of halogens is 1. The average molecular weight is 344 g/mol. The molecule has 1 heterocycles. The molecule has 1 fully saturated rings. The SMILES string of the molecule is Cc1ccc(C(=O)NCC2CC2)cc1NC(=O)c1ccncc1Cl. The Morgan fingerprint density at radius 3 is 2.75 bits per heavy atom. The van der Waals surface area contributed by atoms with Crippen LogP contribution in [0.2, 0.25) is 5.02 Å². The Kier molecular flexibility index (Phi) is 4.81. The summed E-state index contributed by atoms with van der Waals surface area (Å²) in [6, 6.07) is 6.81. The van der Waals surface area contributed by atoms with Gasteiger partial charge in [-0.05, 0) is 49.4 Å². The summed E-state index contributed by atoms with van der Waals surface area (Å²) in [7, 11) is 0. The van der Waals surface area contributed by atoms with Gasteiger partial charge in [-0.15, -0.1) is 0 Å². The van der Waals surface area contributed by atoms with Crippen LogP contribution in [0.4, 0.5) is 5.69 Å². The van der Waals surface area contributed by atoms with Crippen molar-refractivity contribution >= 4 is 29.1 Å². The van der Waals surface area contributed by atoms with Crippen LogP contribution in [0.25, 0.3) is 0 Å². The van der Waals surface area contributed by atoms with Gasteiger partial charge in [-0.3, -0.25) is 14.6 Å². The van der Waals surface area contributed by atoms with E-state index in [0.717, 1.165) is 5.56 Å². The smallest absolute Gasteiger partial charge is 0.257 e. The maximum absolute atomic E-state index is 12.4. The summed E-state index contributed by atoms with van der Waals surface area (Å²) in [5.74, 6) is 0.160. The molecule has 3 rings (SSSR count). The number of pyridine rings is 1. The van der Waals surface area contributed by atoms with Crippen LogP contribution in [-0.4, -0.2) is 23.3 Å². The van der Waals surface area contributed by atoms with E-state index in [4.69, 9.17) is 11.6 Å². The molecule has 0 saturated heterocycles. The minimum Gasteiger partial charge on any atom is -0.352 e. The first kappa shape index (κ1) is 16.5. The largest absolute Gasteiger partial charge is 0.352 e. The molecular formula is C18H18ClN3O2. The quantitative estimate of drug-likeness (QED) is 0.873. The first-order chi connectivity index (χ1) is 11.5. The Hall–Kier alpha value is -2.40. The zero-order chi connectivity index (χ0) is 17.1. The van der Waals surface area contributed by atoms with Crippen LogP contribution in [0.15, 0.2) is 36.7 Å². The van der Waals surface area contributed by atoms with Crippen LogP contribution in [0, 0.1) is 12.8 Å². The van der Waals surface area contributed by atoms with E-state index in [1.54, 1.807) is 18.2 Å². The van der Waals surface area contributed by atoms with E-state index in [-0.39, 0.29) is 16.8 Å². The van der Waals surface area contributed by atoms with Crippen LogP contribution in [0.5, 0.6) is 0 Å². The summed E-state index contributed by atoms with van der Waals surface area (Å²) < 4.78 is 0. The Morgan fingerprint density at radius 1 is 1.25 bits per heavy atom. The van der Waals surface area contributed by atoms with E-state index < -0.39 is 0 Å². The molecule has 6 heteroatoms. The highest BCUT2D eigenvalue weighted by Crippen LogP contribution is 2.27. The van der Waals surface area contributed by atoms with E-state index >= 15 is 0 Å². The number of carbonyl (C=O) groups is 2. The molecule has 124 valence electrons. The van der Waals surface area contributed by atoms with E-state index in [2.05, 4.69) is 15.6 Å². The topological polar surface area (TPSA) is 71.1 Å². The predicted octanol–water partition coefficient (Wildman–Crippen LogP) is 3.44. The summed E-state index contributed by atoms with van der Waals surface area (Å²) in [4.78, 5) is 28.4. The molecule has 0 atom stereocenters. The first-order valence-electron chi connectivity index (χ1n) is 7.84.